The summed E-state index contributed by atoms with van der Waals surface area (Å²) < 4.78 is 1.19. The molecule has 2 N–H and O–H groups in total. The summed E-state index contributed by atoms with van der Waals surface area (Å²) >= 11 is 1.67. The summed E-state index contributed by atoms with van der Waals surface area (Å²) in [4.78, 5) is 16.0. The molecule has 1 fully saturated rings. The Balaban J connectivity index is 1.51. The van der Waals surface area contributed by atoms with E-state index in [0.29, 0.717) is 19.1 Å². The molecule has 0 bridgehead atoms. The first-order chi connectivity index (χ1) is 8.81. The van der Waals surface area contributed by atoms with Gasteiger partial charge in [-0.05, 0) is 25.0 Å². The molecule has 2 aromatic rings. The number of fused-ring (bicyclic) bond motifs is 1. The van der Waals surface area contributed by atoms with Gasteiger partial charge < -0.3 is 10.6 Å². The molecule has 0 spiro atoms. The number of para-hydroxylation sites is 1. The van der Waals surface area contributed by atoms with E-state index >= 15 is 0 Å². The average Bonchev–Trinajstić information content (AvgIpc) is 3.07. The Hall–Kier alpha value is -1.46. The van der Waals surface area contributed by atoms with Gasteiger partial charge in [0, 0.05) is 12.6 Å². The first-order valence-corrected chi connectivity index (χ1v) is 6.97. The molecule has 4 nitrogen and oxygen atoms in total. The zero-order valence-electron chi connectivity index (χ0n) is 9.98. The molecule has 94 valence electrons. The van der Waals surface area contributed by atoms with Crippen LogP contribution < -0.4 is 10.6 Å². The molecule has 0 radical (unpaired) electrons. The highest BCUT2D eigenvalue weighted by molar-refractivity contribution is 7.18. The monoisotopic (exact) mass is 261 g/mol. The second-order valence-corrected chi connectivity index (χ2v) is 5.64. The third-order valence-corrected chi connectivity index (χ3v) is 3.88. The first kappa shape index (κ1) is 11.6. The first-order valence-electron chi connectivity index (χ1n) is 6.16. The maximum Gasteiger partial charge on any atom is 0.234 e. The molecule has 3 rings (SSSR count). The number of rotatable bonds is 5. The highest BCUT2D eigenvalue weighted by atomic mass is 32.1. The molecule has 0 atom stereocenters. The fourth-order valence-corrected chi connectivity index (χ4v) is 2.72. The Morgan fingerprint density at radius 3 is 3.00 bits per heavy atom. The number of nitrogens with one attached hydrogen (secondary N) is 2. The molecule has 1 aromatic carbocycles. The van der Waals surface area contributed by atoms with E-state index in [1.54, 1.807) is 11.3 Å². The van der Waals surface area contributed by atoms with E-state index in [-0.39, 0.29) is 5.91 Å². The zero-order valence-corrected chi connectivity index (χ0v) is 10.8. The molecule has 1 aromatic heterocycles. The van der Waals surface area contributed by atoms with Crippen molar-refractivity contribution in [2.24, 2.45) is 0 Å². The molecule has 0 unspecified atom stereocenters. The summed E-state index contributed by atoms with van der Waals surface area (Å²) in [6, 6.07) is 8.51. The van der Waals surface area contributed by atoms with Gasteiger partial charge in [-0.3, -0.25) is 4.79 Å². The molecule has 18 heavy (non-hydrogen) atoms. The van der Waals surface area contributed by atoms with E-state index < -0.39 is 0 Å². The van der Waals surface area contributed by atoms with Crippen molar-refractivity contribution >= 4 is 27.5 Å². The van der Waals surface area contributed by atoms with Gasteiger partial charge in [-0.2, -0.15) is 0 Å². The van der Waals surface area contributed by atoms with E-state index in [0.717, 1.165) is 23.4 Å². The number of hydrogen-bond acceptors (Lipinski definition) is 4. The minimum Gasteiger partial charge on any atom is -0.352 e. The summed E-state index contributed by atoms with van der Waals surface area (Å²) in [5, 5.41) is 7.10. The van der Waals surface area contributed by atoms with Gasteiger partial charge in [0.15, 0.2) is 0 Å². The maximum absolute atomic E-state index is 11.5. The van der Waals surface area contributed by atoms with Crippen LogP contribution in [0.25, 0.3) is 10.2 Å². The van der Waals surface area contributed by atoms with Crippen LogP contribution in [0.2, 0.25) is 0 Å². The second kappa shape index (κ2) is 5.04. The predicted molar refractivity (Wildman–Crippen MR) is 72.5 cm³/mol. The van der Waals surface area contributed by atoms with E-state index in [4.69, 9.17) is 0 Å². The van der Waals surface area contributed by atoms with Crippen LogP contribution in [0.15, 0.2) is 24.3 Å². The number of amides is 1. The smallest absolute Gasteiger partial charge is 0.234 e. The van der Waals surface area contributed by atoms with Crippen molar-refractivity contribution in [3.63, 3.8) is 0 Å². The molecule has 1 aliphatic rings. The molecule has 0 aliphatic heterocycles. The van der Waals surface area contributed by atoms with Crippen molar-refractivity contribution in [1.82, 2.24) is 15.6 Å². The van der Waals surface area contributed by atoms with Gasteiger partial charge >= 0.3 is 0 Å². The molecule has 1 saturated carbocycles. The van der Waals surface area contributed by atoms with E-state index in [9.17, 15) is 4.79 Å². The summed E-state index contributed by atoms with van der Waals surface area (Å²) in [6.45, 7) is 1.02. The van der Waals surface area contributed by atoms with Gasteiger partial charge in [-0.25, -0.2) is 4.98 Å². The van der Waals surface area contributed by atoms with E-state index in [1.807, 2.05) is 18.2 Å². The van der Waals surface area contributed by atoms with Crippen LogP contribution in [-0.2, 0) is 11.3 Å². The lowest BCUT2D eigenvalue weighted by Crippen LogP contribution is -2.34. The van der Waals surface area contributed by atoms with Crippen LogP contribution in [0.1, 0.15) is 17.8 Å². The van der Waals surface area contributed by atoms with Crippen molar-refractivity contribution in [2.45, 2.75) is 25.4 Å². The summed E-state index contributed by atoms with van der Waals surface area (Å²) in [6.07, 6.45) is 2.26. The zero-order chi connectivity index (χ0) is 12.4. The van der Waals surface area contributed by atoms with Crippen molar-refractivity contribution in [3.05, 3.63) is 29.3 Å². The molecule has 0 saturated heterocycles. The van der Waals surface area contributed by atoms with Crippen molar-refractivity contribution in [3.8, 4) is 0 Å². The normalized spacial score (nSPS) is 14.9. The third kappa shape index (κ3) is 2.86. The van der Waals surface area contributed by atoms with Crippen LogP contribution in [0.3, 0.4) is 0 Å². The number of benzene rings is 1. The van der Waals surface area contributed by atoms with Crippen LogP contribution in [0.5, 0.6) is 0 Å². The van der Waals surface area contributed by atoms with Crippen molar-refractivity contribution in [2.75, 3.05) is 6.54 Å². The Kier molecular flexibility index (Phi) is 3.25. The highest BCUT2D eigenvalue weighted by Crippen LogP contribution is 2.21. The number of aromatic nitrogens is 1. The Morgan fingerprint density at radius 2 is 2.22 bits per heavy atom. The van der Waals surface area contributed by atoms with E-state index in [2.05, 4.69) is 21.7 Å². The van der Waals surface area contributed by atoms with Crippen LogP contribution >= 0.6 is 11.3 Å². The van der Waals surface area contributed by atoms with Gasteiger partial charge in [0.05, 0.1) is 16.8 Å². The standard InChI is InChI=1S/C13H15N3OS/c17-12(15-9-5-6-9)7-14-8-13-16-10-3-1-2-4-11(10)18-13/h1-4,9,14H,5-8H2,(H,15,17). The number of nitrogens with zero attached hydrogens (tertiary/aromatic N) is 1. The Morgan fingerprint density at radius 1 is 1.39 bits per heavy atom. The Bertz CT molecular complexity index is 529. The van der Waals surface area contributed by atoms with Gasteiger partial charge in [0.25, 0.3) is 0 Å². The number of carbonyl (C=O) groups excluding carboxylic acids is 1. The summed E-state index contributed by atoms with van der Waals surface area (Å²) in [5.41, 5.74) is 1.03. The van der Waals surface area contributed by atoms with Crippen LogP contribution in [0.4, 0.5) is 0 Å². The van der Waals surface area contributed by atoms with Crippen LogP contribution in [-0.4, -0.2) is 23.5 Å². The van der Waals surface area contributed by atoms with Gasteiger partial charge in [-0.1, -0.05) is 12.1 Å². The largest absolute Gasteiger partial charge is 0.352 e. The van der Waals surface area contributed by atoms with Crippen molar-refractivity contribution in [1.29, 1.82) is 0 Å². The van der Waals surface area contributed by atoms with Gasteiger partial charge in [0.1, 0.15) is 5.01 Å². The molecule has 1 aliphatic carbocycles. The van der Waals surface area contributed by atoms with Crippen LogP contribution in [0, 0.1) is 0 Å². The lowest BCUT2D eigenvalue weighted by Gasteiger charge is -2.03. The highest BCUT2D eigenvalue weighted by Gasteiger charge is 2.22. The predicted octanol–water partition coefficient (Wildman–Crippen LogP) is 1.66. The lowest BCUT2D eigenvalue weighted by molar-refractivity contribution is -0.120. The van der Waals surface area contributed by atoms with Crippen molar-refractivity contribution < 1.29 is 4.79 Å². The maximum atomic E-state index is 11.5. The number of carbonyl (C=O) groups is 1. The molecule has 1 heterocycles. The minimum atomic E-state index is 0.0820. The third-order valence-electron chi connectivity index (χ3n) is 2.84. The van der Waals surface area contributed by atoms with E-state index in [1.165, 1.54) is 4.70 Å². The fraction of sp³-hybridized carbons (Fsp3) is 0.385. The topological polar surface area (TPSA) is 54.0 Å². The summed E-state index contributed by atoms with van der Waals surface area (Å²) in [5.74, 6) is 0.0820. The average molecular weight is 261 g/mol. The molecule has 1 amide bonds. The van der Waals surface area contributed by atoms with Gasteiger partial charge in [-0.15, -0.1) is 11.3 Å². The minimum absolute atomic E-state index is 0.0820. The quantitative estimate of drug-likeness (QED) is 0.860. The second-order valence-electron chi connectivity index (χ2n) is 4.52. The lowest BCUT2D eigenvalue weighted by atomic mass is 10.3. The molecular weight excluding hydrogens is 246 g/mol. The summed E-state index contributed by atoms with van der Waals surface area (Å²) in [7, 11) is 0. The molecule has 5 heteroatoms. The SMILES string of the molecule is O=C(CNCc1nc2ccccc2s1)NC1CC1. The van der Waals surface area contributed by atoms with Gasteiger partial charge in [0.2, 0.25) is 5.91 Å². The number of thiazole rings is 1. The molecular formula is C13H15N3OS. The Labute approximate surface area is 109 Å². The number of hydrogen-bond donors (Lipinski definition) is 2. The fourth-order valence-electron chi connectivity index (χ4n) is 1.78.